The van der Waals surface area contributed by atoms with Gasteiger partial charge in [-0.3, -0.25) is 0 Å². The first-order valence-corrected chi connectivity index (χ1v) is 9.48. The summed E-state index contributed by atoms with van der Waals surface area (Å²) in [5.74, 6) is -0.0627. The molecule has 1 aliphatic heterocycles. The van der Waals surface area contributed by atoms with Crippen LogP contribution in [0, 0.1) is 6.92 Å². The van der Waals surface area contributed by atoms with Gasteiger partial charge in [-0.1, -0.05) is 17.3 Å². The summed E-state index contributed by atoms with van der Waals surface area (Å²) in [7, 11) is 0. The quantitative estimate of drug-likeness (QED) is 0.800. The first-order chi connectivity index (χ1) is 13.6. The van der Waals surface area contributed by atoms with E-state index in [2.05, 4.69) is 15.5 Å². The molecule has 0 saturated carbocycles. The van der Waals surface area contributed by atoms with Crippen LogP contribution in [-0.2, 0) is 9.53 Å². The van der Waals surface area contributed by atoms with Crippen molar-refractivity contribution < 1.29 is 24.0 Å². The zero-order chi connectivity index (χ0) is 21.2. The summed E-state index contributed by atoms with van der Waals surface area (Å²) in [6.07, 6.45) is 0.0891. The second kappa shape index (κ2) is 7.73. The van der Waals surface area contributed by atoms with Gasteiger partial charge < -0.3 is 24.6 Å². The van der Waals surface area contributed by atoms with Crippen molar-refractivity contribution in [3.8, 4) is 11.4 Å². The fourth-order valence-electron chi connectivity index (χ4n) is 3.22. The van der Waals surface area contributed by atoms with Crippen molar-refractivity contribution in [3.05, 3.63) is 30.2 Å². The Hall–Kier alpha value is -3.10. The van der Waals surface area contributed by atoms with E-state index in [1.807, 2.05) is 6.07 Å². The number of hydrogen-bond donors (Lipinski definition) is 2. The maximum Gasteiger partial charge on any atom is 0.410 e. The van der Waals surface area contributed by atoms with E-state index in [1.165, 1.54) is 0 Å². The average molecular weight is 402 g/mol. The van der Waals surface area contributed by atoms with Crippen molar-refractivity contribution in [1.29, 1.82) is 0 Å². The number of likely N-dealkylation sites (tertiary alicyclic amines) is 1. The smallest absolute Gasteiger partial charge is 0.410 e. The zero-order valence-corrected chi connectivity index (χ0v) is 17.1. The molecule has 2 N–H and O–H groups in total. The molecule has 1 aliphatic rings. The minimum atomic E-state index is -1.18. The lowest BCUT2D eigenvalue weighted by Crippen LogP contribution is -2.55. The van der Waals surface area contributed by atoms with E-state index in [9.17, 15) is 14.7 Å². The molecule has 1 saturated heterocycles. The van der Waals surface area contributed by atoms with E-state index in [0.717, 1.165) is 5.56 Å². The van der Waals surface area contributed by atoms with Crippen LogP contribution in [0.3, 0.4) is 0 Å². The summed E-state index contributed by atoms with van der Waals surface area (Å²) in [6, 6.07) is 7.21. The van der Waals surface area contributed by atoms with Crippen molar-refractivity contribution in [2.45, 2.75) is 51.7 Å². The van der Waals surface area contributed by atoms with Crippen molar-refractivity contribution >= 4 is 17.7 Å². The molecule has 0 bridgehead atoms. The monoisotopic (exact) mass is 402 g/mol. The van der Waals surface area contributed by atoms with Gasteiger partial charge in [0.2, 0.25) is 11.7 Å². The van der Waals surface area contributed by atoms with Gasteiger partial charge in [-0.15, -0.1) is 0 Å². The Bertz CT molecular complexity index is 894. The number of aromatic nitrogens is 2. The number of piperidine rings is 1. The third-order valence-electron chi connectivity index (χ3n) is 4.71. The number of aliphatic carboxylic acids is 1. The fourth-order valence-corrected chi connectivity index (χ4v) is 3.22. The van der Waals surface area contributed by atoms with Crippen LogP contribution in [0.15, 0.2) is 28.8 Å². The van der Waals surface area contributed by atoms with E-state index < -0.39 is 23.2 Å². The Morgan fingerprint density at radius 2 is 1.97 bits per heavy atom. The summed E-state index contributed by atoms with van der Waals surface area (Å²) in [6.45, 7) is 7.69. The fraction of sp³-hybridized carbons (Fsp3) is 0.500. The number of nitrogens with one attached hydrogen (secondary N) is 1. The highest BCUT2D eigenvalue weighted by atomic mass is 16.6. The molecule has 29 heavy (non-hydrogen) atoms. The van der Waals surface area contributed by atoms with Gasteiger partial charge in [0.15, 0.2) is 0 Å². The summed E-state index contributed by atoms with van der Waals surface area (Å²) in [4.78, 5) is 30.1. The van der Waals surface area contributed by atoms with Crippen LogP contribution in [0.5, 0.6) is 0 Å². The van der Waals surface area contributed by atoms with Gasteiger partial charge in [0.05, 0.1) is 0 Å². The molecule has 9 nitrogen and oxygen atoms in total. The second-order valence-corrected chi connectivity index (χ2v) is 8.20. The number of benzene rings is 1. The summed E-state index contributed by atoms with van der Waals surface area (Å²) < 4.78 is 10.4. The topological polar surface area (TPSA) is 118 Å². The first-order valence-electron chi connectivity index (χ1n) is 9.48. The molecule has 3 rings (SSSR count). The van der Waals surface area contributed by atoms with Gasteiger partial charge in [0.25, 0.3) is 0 Å². The molecule has 156 valence electrons. The Balaban J connectivity index is 1.73. The van der Waals surface area contributed by atoms with E-state index in [-0.39, 0.29) is 25.9 Å². The lowest BCUT2D eigenvalue weighted by Gasteiger charge is -2.40. The average Bonchev–Trinajstić information content (AvgIpc) is 3.07. The van der Waals surface area contributed by atoms with Crippen LogP contribution in [0.2, 0.25) is 0 Å². The number of hydrogen-bond acceptors (Lipinski definition) is 7. The summed E-state index contributed by atoms with van der Waals surface area (Å²) in [5.41, 5.74) is -0.411. The van der Waals surface area contributed by atoms with Crippen LogP contribution >= 0.6 is 0 Å². The lowest BCUT2D eigenvalue weighted by molar-refractivity contribution is -0.144. The predicted molar refractivity (Wildman–Crippen MR) is 106 cm³/mol. The molecular formula is C20H26N4O5. The highest BCUT2D eigenvalue weighted by Crippen LogP contribution is 2.30. The van der Waals surface area contributed by atoms with E-state index in [1.54, 1.807) is 50.8 Å². The molecule has 1 amide bonds. The maximum atomic E-state index is 12.3. The zero-order valence-electron chi connectivity index (χ0n) is 17.1. The van der Waals surface area contributed by atoms with Gasteiger partial charge >= 0.3 is 12.1 Å². The molecule has 0 unspecified atom stereocenters. The van der Waals surface area contributed by atoms with Crippen LogP contribution in [0.1, 0.15) is 39.5 Å². The van der Waals surface area contributed by atoms with Crippen LogP contribution in [0.25, 0.3) is 11.4 Å². The van der Waals surface area contributed by atoms with Gasteiger partial charge in [-0.05, 0) is 45.7 Å². The molecule has 1 aromatic carbocycles. The third-order valence-corrected chi connectivity index (χ3v) is 4.71. The van der Waals surface area contributed by atoms with Gasteiger partial charge in [-0.2, -0.15) is 4.98 Å². The number of amides is 1. The number of ether oxygens (including phenoxy) is 1. The molecule has 2 aromatic rings. The third kappa shape index (κ3) is 4.85. The standard InChI is InChI=1S/C20H26N4O5/c1-13-21-16(23-29-13)14-6-5-7-15(12-14)22-20(17(25)26)8-10-24(11-9-20)18(27)28-19(2,3)4/h5-7,12,22H,8-11H2,1-4H3,(H,25,26). The molecule has 2 heterocycles. The maximum absolute atomic E-state index is 12.3. The largest absolute Gasteiger partial charge is 0.480 e. The number of nitrogens with zero attached hydrogens (tertiary/aromatic N) is 3. The lowest BCUT2D eigenvalue weighted by atomic mass is 9.87. The predicted octanol–water partition coefficient (Wildman–Crippen LogP) is 3.31. The number of carboxylic acid groups (broad SMARTS) is 1. The second-order valence-electron chi connectivity index (χ2n) is 8.20. The Morgan fingerprint density at radius 1 is 1.28 bits per heavy atom. The highest BCUT2D eigenvalue weighted by Gasteiger charge is 2.43. The van der Waals surface area contributed by atoms with Crippen molar-refractivity contribution in [2.24, 2.45) is 0 Å². The van der Waals surface area contributed by atoms with Gasteiger partial charge in [0.1, 0.15) is 11.1 Å². The van der Waals surface area contributed by atoms with Gasteiger partial charge in [0, 0.05) is 31.3 Å². The molecule has 1 fully saturated rings. The number of carbonyl (C=O) groups excluding carboxylic acids is 1. The summed E-state index contributed by atoms with van der Waals surface area (Å²) >= 11 is 0. The number of rotatable bonds is 4. The Kier molecular flexibility index (Phi) is 5.50. The molecule has 0 radical (unpaired) electrons. The van der Waals surface area contributed by atoms with Crippen molar-refractivity contribution in [1.82, 2.24) is 15.0 Å². The summed E-state index contributed by atoms with van der Waals surface area (Å²) in [5, 5.41) is 17.0. The van der Waals surface area contributed by atoms with Crippen molar-refractivity contribution in [3.63, 3.8) is 0 Å². The SMILES string of the molecule is Cc1nc(-c2cccc(NC3(C(=O)O)CCN(C(=O)OC(C)(C)C)CC3)c2)no1. The molecule has 1 aromatic heterocycles. The van der Waals surface area contributed by atoms with E-state index in [0.29, 0.717) is 17.4 Å². The van der Waals surface area contributed by atoms with Crippen LogP contribution in [0.4, 0.5) is 10.5 Å². The normalized spacial score (nSPS) is 16.3. The minimum absolute atomic E-state index is 0.257. The molecule has 0 aliphatic carbocycles. The number of carboxylic acids is 1. The molecule has 9 heteroatoms. The van der Waals surface area contributed by atoms with E-state index >= 15 is 0 Å². The van der Waals surface area contributed by atoms with Crippen LogP contribution < -0.4 is 5.32 Å². The minimum Gasteiger partial charge on any atom is -0.480 e. The van der Waals surface area contributed by atoms with E-state index in [4.69, 9.17) is 9.26 Å². The van der Waals surface area contributed by atoms with Crippen molar-refractivity contribution in [2.75, 3.05) is 18.4 Å². The Labute approximate surface area is 169 Å². The molecule has 0 atom stereocenters. The Morgan fingerprint density at radius 3 is 2.52 bits per heavy atom. The number of aryl methyl sites for hydroxylation is 1. The molecule has 0 spiro atoms. The highest BCUT2D eigenvalue weighted by molar-refractivity contribution is 5.84. The first kappa shape index (κ1) is 20.6. The van der Waals surface area contributed by atoms with Gasteiger partial charge in [-0.25, -0.2) is 9.59 Å². The van der Waals surface area contributed by atoms with Crippen LogP contribution in [-0.4, -0.2) is 56.4 Å². The molecular weight excluding hydrogens is 376 g/mol. The number of carbonyl (C=O) groups is 2. The number of anilines is 1.